The van der Waals surface area contributed by atoms with Gasteiger partial charge in [-0.2, -0.15) is 0 Å². The second-order valence-corrected chi connectivity index (χ2v) is 7.39. The topological polar surface area (TPSA) is 55.6 Å². The Bertz CT molecular complexity index is 509. The molecule has 4 nitrogen and oxygen atoms in total. The van der Waals surface area contributed by atoms with E-state index in [1.54, 1.807) is 0 Å². The molecule has 1 aromatic rings. The lowest BCUT2D eigenvalue weighted by Gasteiger charge is -2.35. The molecule has 2 fully saturated rings. The number of nitrogens with two attached hydrogens (primary N) is 1. The van der Waals surface area contributed by atoms with Crippen LogP contribution in [0, 0.1) is 5.92 Å². The Labute approximate surface area is 148 Å². The lowest BCUT2D eigenvalue weighted by atomic mass is 9.90. The van der Waals surface area contributed by atoms with Crippen LogP contribution in [0.1, 0.15) is 19.3 Å². The molecule has 1 aromatic carbocycles. The van der Waals surface area contributed by atoms with Crippen molar-refractivity contribution < 1.29 is 9.53 Å². The number of hydrogen-bond donors (Lipinski definition) is 1. The molecule has 0 bridgehead atoms. The number of nitrogens with zero attached hydrogens (tertiary/aromatic N) is 1. The Morgan fingerprint density at radius 2 is 2.00 bits per heavy atom. The number of carbonyl (C=O) groups excluding carboxylic acids is 1. The van der Waals surface area contributed by atoms with E-state index in [4.69, 9.17) is 10.5 Å². The highest BCUT2D eigenvalue weighted by Crippen LogP contribution is 2.28. The lowest BCUT2D eigenvalue weighted by Crippen LogP contribution is -2.57. The fourth-order valence-electron chi connectivity index (χ4n) is 3.15. The molecule has 3 rings (SSSR count). The van der Waals surface area contributed by atoms with E-state index in [0.717, 1.165) is 25.3 Å². The Kier molecular flexibility index (Phi) is 6.77. The van der Waals surface area contributed by atoms with E-state index in [9.17, 15) is 4.79 Å². The molecular formula is C17H25ClN2O2S. The second kappa shape index (κ2) is 8.38. The second-order valence-electron chi connectivity index (χ2n) is 6.30. The van der Waals surface area contributed by atoms with Crippen molar-refractivity contribution in [2.45, 2.75) is 29.7 Å². The first kappa shape index (κ1) is 18.6. The van der Waals surface area contributed by atoms with Crippen LogP contribution in [-0.2, 0) is 9.53 Å². The minimum Gasteiger partial charge on any atom is -0.381 e. The van der Waals surface area contributed by atoms with Crippen molar-refractivity contribution in [3.63, 3.8) is 0 Å². The highest BCUT2D eigenvalue weighted by atomic mass is 35.5. The lowest BCUT2D eigenvalue weighted by molar-refractivity contribution is -0.139. The summed E-state index contributed by atoms with van der Waals surface area (Å²) < 4.78 is 5.33. The summed E-state index contributed by atoms with van der Waals surface area (Å²) in [5, 5.41) is 0. The van der Waals surface area contributed by atoms with Crippen LogP contribution in [0.5, 0.6) is 0 Å². The predicted molar refractivity (Wildman–Crippen MR) is 96.1 cm³/mol. The Morgan fingerprint density at radius 1 is 1.30 bits per heavy atom. The molecule has 1 unspecified atom stereocenters. The zero-order valence-electron chi connectivity index (χ0n) is 13.3. The fraction of sp³-hybridized carbons (Fsp3) is 0.588. The summed E-state index contributed by atoms with van der Waals surface area (Å²) in [5.41, 5.74) is 5.62. The van der Waals surface area contributed by atoms with Crippen LogP contribution in [0.25, 0.3) is 0 Å². The van der Waals surface area contributed by atoms with Gasteiger partial charge in [0, 0.05) is 37.0 Å². The van der Waals surface area contributed by atoms with E-state index in [1.807, 2.05) is 22.7 Å². The third-order valence-electron chi connectivity index (χ3n) is 4.61. The van der Waals surface area contributed by atoms with Gasteiger partial charge in [-0.3, -0.25) is 4.79 Å². The Hall–Kier alpha value is -0.750. The number of halogens is 1. The van der Waals surface area contributed by atoms with Gasteiger partial charge in [0.2, 0.25) is 5.91 Å². The van der Waals surface area contributed by atoms with E-state index in [1.165, 1.54) is 4.90 Å². The summed E-state index contributed by atoms with van der Waals surface area (Å²) in [6.45, 7) is 2.89. The van der Waals surface area contributed by atoms with Crippen molar-refractivity contribution in [1.82, 2.24) is 4.90 Å². The first-order chi connectivity index (χ1) is 10.7. The quantitative estimate of drug-likeness (QED) is 0.842. The van der Waals surface area contributed by atoms with Crippen LogP contribution < -0.4 is 5.73 Å². The van der Waals surface area contributed by atoms with Crippen molar-refractivity contribution >= 4 is 30.1 Å². The number of benzene rings is 1. The monoisotopic (exact) mass is 356 g/mol. The zero-order chi connectivity index (χ0) is 15.4. The van der Waals surface area contributed by atoms with Gasteiger partial charge in [-0.05, 0) is 37.3 Å². The van der Waals surface area contributed by atoms with Crippen LogP contribution >= 0.6 is 24.2 Å². The standard InChI is InChI=1S/C17H24N2O2S.ClH/c18-17(7-10-21-11-8-17)16(20)19-9-6-14(12-19)13-22-15-4-2-1-3-5-15;/h1-5,14H,6-13,18H2;1H. The zero-order valence-corrected chi connectivity index (χ0v) is 14.9. The molecule has 6 heteroatoms. The number of ether oxygens (including phenoxy) is 1. The van der Waals surface area contributed by atoms with Crippen LogP contribution in [-0.4, -0.2) is 48.4 Å². The van der Waals surface area contributed by atoms with Crippen LogP contribution in [0.2, 0.25) is 0 Å². The number of rotatable bonds is 4. The molecule has 1 atom stereocenters. The molecule has 0 aromatic heterocycles. The number of amides is 1. The average molecular weight is 357 g/mol. The molecule has 0 saturated carbocycles. The number of likely N-dealkylation sites (tertiary alicyclic amines) is 1. The molecule has 2 N–H and O–H groups in total. The molecule has 0 spiro atoms. The highest BCUT2D eigenvalue weighted by Gasteiger charge is 2.40. The van der Waals surface area contributed by atoms with E-state index < -0.39 is 5.54 Å². The summed E-state index contributed by atoms with van der Waals surface area (Å²) in [6.07, 6.45) is 2.37. The van der Waals surface area contributed by atoms with Crippen molar-refractivity contribution in [2.75, 3.05) is 32.1 Å². The maximum absolute atomic E-state index is 12.7. The van der Waals surface area contributed by atoms with Gasteiger partial charge in [0.1, 0.15) is 0 Å². The molecule has 2 aliphatic rings. The van der Waals surface area contributed by atoms with Gasteiger partial charge in [0.25, 0.3) is 0 Å². The first-order valence-corrected chi connectivity index (χ1v) is 9.00. The SMILES string of the molecule is Cl.NC1(C(=O)N2CCC(CSc3ccccc3)C2)CCOCC1. The third kappa shape index (κ3) is 4.63. The van der Waals surface area contributed by atoms with Crippen molar-refractivity contribution in [3.05, 3.63) is 30.3 Å². The fourth-order valence-corrected chi connectivity index (χ4v) is 4.20. The summed E-state index contributed by atoms with van der Waals surface area (Å²) in [4.78, 5) is 16.0. The van der Waals surface area contributed by atoms with Gasteiger partial charge in [0.05, 0.1) is 5.54 Å². The molecule has 1 amide bonds. The summed E-state index contributed by atoms with van der Waals surface area (Å²) in [5.74, 6) is 1.76. The van der Waals surface area contributed by atoms with Gasteiger partial charge in [-0.15, -0.1) is 24.2 Å². The largest absolute Gasteiger partial charge is 0.381 e. The molecule has 23 heavy (non-hydrogen) atoms. The normalized spacial score (nSPS) is 23.3. The molecule has 0 aliphatic carbocycles. The molecular weight excluding hydrogens is 332 g/mol. The van der Waals surface area contributed by atoms with Gasteiger partial charge >= 0.3 is 0 Å². The maximum Gasteiger partial charge on any atom is 0.242 e. The first-order valence-electron chi connectivity index (χ1n) is 8.01. The van der Waals surface area contributed by atoms with Gasteiger partial charge < -0.3 is 15.4 Å². The Balaban J connectivity index is 0.00000192. The number of hydrogen-bond acceptors (Lipinski definition) is 4. The highest BCUT2D eigenvalue weighted by molar-refractivity contribution is 7.99. The minimum absolute atomic E-state index is 0. The summed E-state index contributed by atoms with van der Waals surface area (Å²) >= 11 is 1.88. The third-order valence-corrected chi connectivity index (χ3v) is 5.86. The van der Waals surface area contributed by atoms with Gasteiger partial charge in [-0.1, -0.05) is 18.2 Å². The minimum atomic E-state index is -0.695. The van der Waals surface area contributed by atoms with E-state index in [2.05, 4.69) is 24.3 Å². The smallest absolute Gasteiger partial charge is 0.242 e. The average Bonchev–Trinajstić information content (AvgIpc) is 3.03. The van der Waals surface area contributed by atoms with E-state index >= 15 is 0 Å². The van der Waals surface area contributed by atoms with Crippen molar-refractivity contribution in [3.8, 4) is 0 Å². The molecule has 2 saturated heterocycles. The molecule has 128 valence electrons. The van der Waals surface area contributed by atoms with Crippen molar-refractivity contribution in [1.29, 1.82) is 0 Å². The van der Waals surface area contributed by atoms with Crippen molar-refractivity contribution in [2.24, 2.45) is 11.7 Å². The van der Waals surface area contributed by atoms with E-state index in [-0.39, 0.29) is 18.3 Å². The summed E-state index contributed by atoms with van der Waals surface area (Å²) in [7, 11) is 0. The van der Waals surface area contributed by atoms with Crippen LogP contribution in [0.15, 0.2) is 35.2 Å². The summed E-state index contributed by atoms with van der Waals surface area (Å²) in [6, 6.07) is 10.4. The molecule has 2 aliphatic heterocycles. The predicted octanol–water partition coefficient (Wildman–Crippen LogP) is 2.56. The molecule has 2 heterocycles. The molecule has 0 radical (unpaired) electrons. The van der Waals surface area contributed by atoms with Gasteiger partial charge in [-0.25, -0.2) is 0 Å². The number of thioether (sulfide) groups is 1. The maximum atomic E-state index is 12.7. The van der Waals surface area contributed by atoms with Gasteiger partial charge in [0.15, 0.2) is 0 Å². The number of carbonyl (C=O) groups is 1. The van der Waals surface area contributed by atoms with Crippen LogP contribution in [0.4, 0.5) is 0 Å². The Morgan fingerprint density at radius 3 is 2.70 bits per heavy atom. The van der Waals surface area contributed by atoms with Crippen LogP contribution in [0.3, 0.4) is 0 Å². The van der Waals surface area contributed by atoms with E-state index in [0.29, 0.717) is 32.0 Å².